The fourth-order valence-corrected chi connectivity index (χ4v) is 1.98. The molecule has 0 fully saturated rings. The van der Waals surface area contributed by atoms with Crippen molar-refractivity contribution >= 4 is 18.0 Å². The molecule has 0 radical (unpaired) electrons. The number of hydrogen-bond donors (Lipinski definition) is 2. The van der Waals surface area contributed by atoms with E-state index in [1.165, 1.54) is 0 Å². The highest BCUT2D eigenvalue weighted by atomic mass is 16.5. The van der Waals surface area contributed by atoms with Gasteiger partial charge in [-0.25, -0.2) is 9.59 Å². The number of hydrogen-bond acceptors (Lipinski definition) is 3. The van der Waals surface area contributed by atoms with Gasteiger partial charge in [0.2, 0.25) is 0 Å². The molecule has 5 nitrogen and oxygen atoms in total. The molecule has 0 atom stereocenters. The molecule has 2 aromatic carbocycles. The summed E-state index contributed by atoms with van der Waals surface area (Å²) < 4.78 is 4.98. The van der Waals surface area contributed by atoms with Crippen LogP contribution in [0.3, 0.4) is 0 Å². The Morgan fingerprint density at radius 1 is 0.889 bits per heavy atom. The van der Waals surface area contributed by atoms with Crippen molar-refractivity contribution in [1.82, 2.24) is 0 Å². The Balaban J connectivity index is 0.000000271. The van der Waals surface area contributed by atoms with Crippen LogP contribution in [0.5, 0.6) is 5.75 Å². The third-order valence-electron chi connectivity index (χ3n) is 3.66. The molecule has 0 aliphatic heterocycles. The van der Waals surface area contributed by atoms with Crippen molar-refractivity contribution in [2.24, 2.45) is 0 Å². The minimum absolute atomic E-state index is 0.315. The Labute approximate surface area is 159 Å². The normalized spacial score (nSPS) is 11.2. The molecule has 0 heterocycles. The summed E-state index contributed by atoms with van der Waals surface area (Å²) >= 11 is 0. The molecule has 0 saturated carbocycles. The second-order valence-electron chi connectivity index (χ2n) is 5.79. The van der Waals surface area contributed by atoms with Gasteiger partial charge in [-0.2, -0.15) is 0 Å². The molecule has 0 aromatic heterocycles. The van der Waals surface area contributed by atoms with Crippen molar-refractivity contribution in [3.63, 3.8) is 0 Å². The van der Waals surface area contributed by atoms with E-state index in [4.69, 9.17) is 14.9 Å². The molecule has 0 spiro atoms. The highest BCUT2D eigenvalue weighted by Gasteiger charge is 1.99. The Morgan fingerprint density at radius 2 is 1.44 bits per heavy atom. The van der Waals surface area contributed by atoms with Gasteiger partial charge in [0.1, 0.15) is 5.75 Å². The first-order valence-corrected chi connectivity index (χ1v) is 8.33. The van der Waals surface area contributed by atoms with Crippen molar-refractivity contribution in [3.05, 3.63) is 82.9 Å². The first-order valence-electron chi connectivity index (χ1n) is 8.33. The van der Waals surface area contributed by atoms with E-state index < -0.39 is 11.9 Å². The van der Waals surface area contributed by atoms with E-state index in [2.05, 4.69) is 0 Å². The summed E-state index contributed by atoms with van der Waals surface area (Å²) in [6.45, 7) is 3.16. The largest absolute Gasteiger partial charge is 0.497 e. The maximum atomic E-state index is 10.5. The lowest BCUT2D eigenvalue weighted by atomic mass is 10.1. The third-order valence-corrected chi connectivity index (χ3v) is 3.66. The summed E-state index contributed by atoms with van der Waals surface area (Å²) in [6.07, 6.45) is 4.01. The van der Waals surface area contributed by atoms with Gasteiger partial charge in [0.25, 0.3) is 0 Å². The lowest BCUT2D eigenvalue weighted by Gasteiger charge is -1.99. The highest BCUT2D eigenvalue weighted by Crippen LogP contribution is 2.13. The maximum absolute atomic E-state index is 10.5. The van der Waals surface area contributed by atoms with Gasteiger partial charge in [0.05, 0.1) is 7.11 Å². The molecular formula is C22H24O5. The van der Waals surface area contributed by atoms with E-state index in [1.807, 2.05) is 42.5 Å². The van der Waals surface area contributed by atoms with Crippen molar-refractivity contribution in [2.45, 2.75) is 20.3 Å². The van der Waals surface area contributed by atoms with Gasteiger partial charge in [0.15, 0.2) is 0 Å². The lowest BCUT2D eigenvalue weighted by Crippen LogP contribution is -1.96. The Hall–Kier alpha value is -3.34. The minimum atomic E-state index is -0.902. The Kier molecular flexibility index (Phi) is 9.09. The predicted molar refractivity (Wildman–Crippen MR) is 106 cm³/mol. The van der Waals surface area contributed by atoms with Crippen LogP contribution in [0.25, 0.3) is 6.08 Å². The van der Waals surface area contributed by atoms with Gasteiger partial charge < -0.3 is 14.9 Å². The number of carboxylic acid groups (broad SMARTS) is 2. The predicted octanol–water partition coefficient (Wildman–Crippen LogP) is 4.44. The van der Waals surface area contributed by atoms with Gasteiger partial charge in [-0.15, -0.1) is 0 Å². The van der Waals surface area contributed by atoms with Crippen LogP contribution in [0.1, 0.15) is 25.0 Å². The smallest absolute Gasteiger partial charge is 0.331 e. The zero-order valence-corrected chi connectivity index (χ0v) is 15.7. The summed E-state index contributed by atoms with van der Waals surface area (Å²) in [4.78, 5) is 21.0. The molecule has 142 valence electrons. The number of rotatable bonds is 6. The summed E-state index contributed by atoms with van der Waals surface area (Å²) in [7, 11) is 1.59. The lowest BCUT2D eigenvalue weighted by molar-refractivity contribution is -0.133. The Morgan fingerprint density at radius 3 is 1.93 bits per heavy atom. The second kappa shape index (κ2) is 11.3. The van der Waals surface area contributed by atoms with Gasteiger partial charge in [-0.05, 0) is 49.6 Å². The van der Waals surface area contributed by atoms with E-state index in [-0.39, 0.29) is 0 Å². The van der Waals surface area contributed by atoms with Crippen LogP contribution < -0.4 is 4.74 Å². The van der Waals surface area contributed by atoms with Crippen LogP contribution in [0.15, 0.2) is 71.8 Å². The van der Waals surface area contributed by atoms with Gasteiger partial charge in [-0.1, -0.05) is 48.5 Å². The second-order valence-corrected chi connectivity index (χ2v) is 5.79. The topological polar surface area (TPSA) is 83.8 Å². The maximum Gasteiger partial charge on any atom is 0.331 e. The molecule has 2 rings (SSSR count). The fraction of sp³-hybridized carbons (Fsp3) is 0.182. The van der Waals surface area contributed by atoms with Gasteiger partial charge in [-0.3, -0.25) is 0 Å². The highest BCUT2D eigenvalue weighted by molar-refractivity contribution is 5.91. The van der Waals surface area contributed by atoms with Gasteiger partial charge >= 0.3 is 11.9 Å². The molecule has 0 saturated heterocycles. The zero-order valence-electron chi connectivity index (χ0n) is 15.7. The Bertz CT molecular complexity index is 802. The average molecular weight is 368 g/mol. The minimum Gasteiger partial charge on any atom is -0.497 e. The molecule has 0 bridgehead atoms. The molecule has 2 N–H and O–H groups in total. The molecular weight excluding hydrogens is 344 g/mol. The molecule has 0 aliphatic carbocycles. The van der Waals surface area contributed by atoms with Gasteiger partial charge in [0, 0.05) is 11.1 Å². The number of aliphatic carboxylic acids is 2. The molecule has 2 aromatic rings. The van der Waals surface area contributed by atoms with Crippen LogP contribution in [-0.4, -0.2) is 29.3 Å². The summed E-state index contributed by atoms with van der Waals surface area (Å²) in [6, 6.07) is 17.0. The van der Waals surface area contributed by atoms with Crippen molar-refractivity contribution in [2.75, 3.05) is 7.11 Å². The zero-order chi connectivity index (χ0) is 20.2. The first kappa shape index (κ1) is 21.7. The third kappa shape index (κ3) is 8.54. The van der Waals surface area contributed by atoms with Crippen molar-refractivity contribution in [1.29, 1.82) is 0 Å². The first-order chi connectivity index (χ1) is 12.8. The SMILES string of the molecule is C/C(=C\Cc1ccccc1)C(=O)O.COc1ccc(/C=C(\C)C(=O)O)cc1. The summed E-state index contributed by atoms with van der Waals surface area (Å²) in [5.74, 6) is -0.994. The van der Waals surface area contributed by atoms with Crippen molar-refractivity contribution in [3.8, 4) is 5.75 Å². The molecule has 0 amide bonds. The van der Waals surface area contributed by atoms with Crippen molar-refractivity contribution < 1.29 is 24.5 Å². The van der Waals surface area contributed by atoms with E-state index in [9.17, 15) is 9.59 Å². The van der Waals surface area contributed by atoms with E-state index >= 15 is 0 Å². The number of ether oxygens (including phenoxy) is 1. The van der Waals surface area contributed by atoms with E-state index in [0.29, 0.717) is 17.6 Å². The number of methoxy groups -OCH3 is 1. The molecule has 0 aliphatic rings. The van der Waals surface area contributed by atoms with E-state index in [0.717, 1.165) is 16.9 Å². The molecule has 0 unspecified atom stereocenters. The van der Waals surface area contributed by atoms with E-state index in [1.54, 1.807) is 45.2 Å². The summed E-state index contributed by atoms with van der Waals surface area (Å²) in [5.41, 5.74) is 2.69. The fourth-order valence-electron chi connectivity index (χ4n) is 1.98. The van der Waals surface area contributed by atoms with Crippen LogP contribution in [0, 0.1) is 0 Å². The molecule has 27 heavy (non-hydrogen) atoms. The average Bonchev–Trinajstić information content (AvgIpc) is 2.67. The standard InChI is InChI=1S/C11H12O3.C11H12O2/c1-8(11(12)13)7-9-3-5-10(14-2)6-4-9;1-9(11(12)13)7-8-10-5-3-2-4-6-10/h3-7H,1-2H3,(H,12,13);2-7H,8H2,1H3,(H,12,13)/b8-7+;9-7+. The molecule has 5 heteroatoms. The monoisotopic (exact) mass is 368 g/mol. The quantitative estimate of drug-likeness (QED) is 0.736. The number of carbonyl (C=O) groups is 2. The van der Waals surface area contributed by atoms with Crippen LogP contribution in [0.2, 0.25) is 0 Å². The number of allylic oxidation sites excluding steroid dienone is 1. The number of carboxylic acids is 2. The van der Waals surface area contributed by atoms with Crippen LogP contribution in [-0.2, 0) is 16.0 Å². The summed E-state index contributed by atoms with van der Waals surface area (Å²) in [5, 5.41) is 17.2. The number of benzene rings is 2. The van der Waals surface area contributed by atoms with Crippen LogP contribution >= 0.6 is 0 Å². The van der Waals surface area contributed by atoms with Crippen LogP contribution in [0.4, 0.5) is 0 Å².